The van der Waals surface area contributed by atoms with Crippen molar-refractivity contribution in [1.82, 2.24) is 14.5 Å². The average molecular weight is 396 g/mol. The van der Waals surface area contributed by atoms with Gasteiger partial charge in [0.05, 0.1) is 5.75 Å². The normalized spacial score (nSPS) is 16.6. The first-order valence-electron chi connectivity index (χ1n) is 9.74. The Morgan fingerprint density at radius 3 is 2.89 bits per heavy atom. The van der Waals surface area contributed by atoms with Crippen molar-refractivity contribution in [3.05, 3.63) is 71.9 Å². The lowest BCUT2D eigenvalue weighted by Crippen LogP contribution is -2.35. The average Bonchev–Trinajstić information content (AvgIpc) is 3.46. The van der Waals surface area contributed by atoms with Gasteiger partial charge in [-0.15, -0.1) is 0 Å². The predicted molar refractivity (Wildman–Crippen MR) is 110 cm³/mol. The summed E-state index contributed by atoms with van der Waals surface area (Å²) in [7, 11) is 1.97. The van der Waals surface area contributed by atoms with E-state index in [1.165, 1.54) is 5.56 Å². The minimum absolute atomic E-state index is 0.0174. The number of aryl methyl sites for hydroxylation is 2. The Kier molecular flexibility index (Phi) is 5.86. The molecule has 0 aliphatic carbocycles. The van der Waals surface area contributed by atoms with Crippen LogP contribution < -0.4 is 0 Å². The van der Waals surface area contributed by atoms with Crippen LogP contribution in [0.2, 0.25) is 0 Å². The van der Waals surface area contributed by atoms with Crippen LogP contribution in [-0.4, -0.2) is 32.9 Å². The van der Waals surface area contributed by atoms with Crippen LogP contribution in [0.15, 0.2) is 64.4 Å². The lowest BCUT2D eigenvalue weighted by molar-refractivity contribution is 0.0697. The van der Waals surface area contributed by atoms with Crippen LogP contribution in [0.3, 0.4) is 0 Å². The molecule has 28 heavy (non-hydrogen) atoms. The third-order valence-electron chi connectivity index (χ3n) is 5.24. The van der Waals surface area contributed by atoms with E-state index in [0.717, 1.165) is 43.1 Å². The topological polar surface area (TPSA) is 51.3 Å². The van der Waals surface area contributed by atoms with Gasteiger partial charge < -0.3 is 13.9 Å². The minimum Gasteiger partial charge on any atom is -0.455 e. The summed E-state index contributed by atoms with van der Waals surface area (Å²) >= 11 is 1.60. The number of likely N-dealkylation sites (tertiary alicyclic amines) is 1. The van der Waals surface area contributed by atoms with Gasteiger partial charge in [-0.25, -0.2) is 4.98 Å². The summed E-state index contributed by atoms with van der Waals surface area (Å²) in [5, 5.41) is 0.935. The zero-order chi connectivity index (χ0) is 19.3. The van der Waals surface area contributed by atoms with Crippen molar-refractivity contribution in [3.8, 4) is 0 Å². The standard InChI is InChI=1S/C22H25N3O2S/c1-24-15-13-23-22(24)28-16-19-11-12-20(27-19)21(26)25-14-5-8-18(25)10-9-17-6-3-2-4-7-17/h2-4,6-7,11-13,15,18H,5,8-10,14,16H2,1H3. The Balaban J connectivity index is 1.35. The molecule has 1 unspecified atom stereocenters. The van der Waals surface area contributed by atoms with Crippen LogP contribution in [0, 0.1) is 0 Å². The number of aromatic nitrogens is 2. The molecule has 1 amide bonds. The van der Waals surface area contributed by atoms with Crippen LogP contribution in [0.25, 0.3) is 0 Å². The molecule has 0 bridgehead atoms. The Labute approximate surface area is 169 Å². The first-order valence-corrected chi connectivity index (χ1v) is 10.7. The second-order valence-electron chi connectivity index (χ2n) is 7.19. The molecule has 3 heterocycles. The highest BCUT2D eigenvalue weighted by Gasteiger charge is 2.30. The molecule has 1 saturated heterocycles. The quantitative estimate of drug-likeness (QED) is 0.551. The van der Waals surface area contributed by atoms with Gasteiger partial charge in [0.2, 0.25) is 0 Å². The van der Waals surface area contributed by atoms with Crippen molar-refractivity contribution in [2.45, 2.75) is 42.6 Å². The van der Waals surface area contributed by atoms with E-state index in [0.29, 0.717) is 17.6 Å². The Morgan fingerprint density at radius 2 is 2.11 bits per heavy atom. The van der Waals surface area contributed by atoms with E-state index < -0.39 is 0 Å². The molecule has 1 aromatic carbocycles. The number of hydrogen-bond donors (Lipinski definition) is 0. The van der Waals surface area contributed by atoms with Gasteiger partial charge >= 0.3 is 0 Å². The number of imidazole rings is 1. The Bertz CT molecular complexity index is 919. The van der Waals surface area contributed by atoms with Gasteiger partial charge in [0.25, 0.3) is 5.91 Å². The molecule has 1 aliphatic heterocycles. The number of thioether (sulfide) groups is 1. The molecule has 0 spiro atoms. The number of nitrogens with zero attached hydrogens (tertiary/aromatic N) is 3. The van der Waals surface area contributed by atoms with Crippen LogP contribution in [-0.2, 0) is 19.2 Å². The second kappa shape index (κ2) is 8.69. The van der Waals surface area contributed by atoms with Crippen LogP contribution in [0.4, 0.5) is 0 Å². The van der Waals surface area contributed by atoms with Crippen LogP contribution in [0.1, 0.15) is 41.1 Å². The predicted octanol–water partition coefficient (Wildman–Crippen LogP) is 4.54. The van der Waals surface area contributed by atoms with E-state index in [1.807, 2.05) is 40.9 Å². The fourth-order valence-electron chi connectivity index (χ4n) is 3.72. The summed E-state index contributed by atoms with van der Waals surface area (Å²) in [6.45, 7) is 0.816. The van der Waals surface area contributed by atoms with E-state index in [2.05, 4.69) is 29.2 Å². The molecule has 0 saturated carbocycles. The van der Waals surface area contributed by atoms with Gasteiger partial charge in [-0.1, -0.05) is 42.1 Å². The third kappa shape index (κ3) is 4.33. The molecular weight excluding hydrogens is 370 g/mol. The molecule has 3 aromatic rings. The monoisotopic (exact) mass is 395 g/mol. The summed E-state index contributed by atoms with van der Waals surface area (Å²) < 4.78 is 7.83. The molecule has 146 valence electrons. The molecule has 2 aromatic heterocycles. The lowest BCUT2D eigenvalue weighted by Gasteiger charge is -2.23. The smallest absolute Gasteiger partial charge is 0.289 e. The molecule has 1 aliphatic rings. The molecule has 0 radical (unpaired) electrons. The highest BCUT2D eigenvalue weighted by Crippen LogP contribution is 2.26. The second-order valence-corrected chi connectivity index (χ2v) is 8.14. The maximum atomic E-state index is 13.0. The number of hydrogen-bond acceptors (Lipinski definition) is 4. The Morgan fingerprint density at radius 1 is 1.25 bits per heavy atom. The van der Waals surface area contributed by atoms with Gasteiger partial charge in [0, 0.05) is 32.0 Å². The number of furan rings is 1. The highest BCUT2D eigenvalue weighted by molar-refractivity contribution is 7.98. The van der Waals surface area contributed by atoms with Crippen molar-refractivity contribution >= 4 is 17.7 Å². The van der Waals surface area contributed by atoms with Crippen molar-refractivity contribution in [1.29, 1.82) is 0 Å². The maximum absolute atomic E-state index is 13.0. The molecule has 0 N–H and O–H groups in total. The largest absolute Gasteiger partial charge is 0.455 e. The van der Waals surface area contributed by atoms with Gasteiger partial charge in [0.1, 0.15) is 5.76 Å². The number of carbonyl (C=O) groups is 1. The maximum Gasteiger partial charge on any atom is 0.289 e. The molecule has 6 heteroatoms. The van der Waals surface area contributed by atoms with E-state index in [9.17, 15) is 4.79 Å². The fourth-order valence-corrected chi connectivity index (χ4v) is 4.55. The number of amides is 1. The first kappa shape index (κ1) is 18.9. The van der Waals surface area contributed by atoms with Crippen molar-refractivity contribution in [2.24, 2.45) is 7.05 Å². The molecule has 4 rings (SSSR count). The fraction of sp³-hybridized carbons (Fsp3) is 0.364. The summed E-state index contributed by atoms with van der Waals surface area (Å²) in [4.78, 5) is 19.3. The van der Waals surface area contributed by atoms with E-state index in [4.69, 9.17) is 4.42 Å². The molecule has 1 atom stereocenters. The lowest BCUT2D eigenvalue weighted by atomic mass is 10.0. The third-order valence-corrected chi connectivity index (χ3v) is 6.32. The first-order chi connectivity index (χ1) is 13.7. The summed E-state index contributed by atoms with van der Waals surface area (Å²) in [5.74, 6) is 1.93. The van der Waals surface area contributed by atoms with E-state index in [-0.39, 0.29) is 5.91 Å². The Hall–Kier alpha value is -2.47. The highest BCUT2D eigenvalue weighted by atomic mass is 32.2. The SMILES string of the molecule is Cn1ccnc1SCc1ccc(C(=O)N2CCCC2CCc2ccccc2)o1. The van der Waals surface area contributed by atoms with Crippen LogP contribution >= 0.6 is 11.8 Å². The van der Waals surface area contributed by atoms with Crippen LogP contribution in [0.5, 0.6) is 0 Å². The van der Waals surface area contributed by atoms with Gasteiger partial charge in [-0.05, 0) is 43.4 Å². The molecule has 5 nitrogen and oxygen atoms in total. The summed E-state index contributed by atoms with van der Waals surface area (Å²) in [6.07, 6.45) is 7.83. The van der Waals surface area contributed by atoms with Gasteiger partial charge in [-0.3, -0.25) is 4.79 Å². The molecular formula is C22H25N3O2S. The number of carbonyl (C=O) groups excluding carboxylic acids is 1. The minimum atomic E-state index is 0.0174. The van der Waals surface area contributed by atoms with Crippen molar-refractivity contribution in [2.75, 3.05) is 6.54 Å². The number of rotatable bonds is 7. The van der Waals surface area contributed by atoms with Crippen molar-refractivity contribution < 1.29 is 9.21 Å². The van der Waals surface area contributed by atoms with Crippen molar-refractivity contribution in [3.63, 3.8) is 0 Å². The van der Waals surface area contributed by atoms with Gasteiger partial charge in [-0.2, -0.15) is 0 Å². The van der Waals surface area contributed by atoms with E-state index >= 15 is 0 Å². The number of benzene rings is 1. The molecule has 1 fully saturated rings. The summed E-state index contributed by atoms with van der Waals surface area (Å²) in [6, 6.07) is 14.5. The van der Waals surface area contributed by atoms with Gasteiger partial charge in [0.15, 0.2) is 10.9 Å². The zero-order valence-corrected chi connectivity index (χ0v) is 16.9. The summed E-state index contributed by atoms with van der Waals surface area (Å²) in [5.41, 5.74) is 1.33. The van der Waals surface area contributed by atoms with E-state index in [1.54, 1.807) is 18.0 Å². The zero-order valence-electron chi connectivity index (χ0n) is 16.1.